The Morgan fingerprint density at radius 2 is 2.06 bits per heavy atom. The first-order valence-corrected chi connectivity index (χ1v) is 7.38. The van der Waals surface area contributed by atoms with Crippen molar-refractivity contribution in [1.82, 2.24) is 0 Å². The molecule has 1 aliphatic rings. The summed E-state index contributed by atoms with van der Waals surface area (Å²) in [4.78, 5) is 11.9. The van der Waals surface area contributed by atoms with Crippen LogP contribution in [0.3, 0.4) is 0 Å². The van der Waals surface area contributed by atoms with Gasteiger partial charge in [-0.25, -0.2) is 8.42 Å². The Kier molecular flexibility index (Phi) is 2.95. The van der Waals surface area contributed by atoms with Gasteiger partial charge in [0, 0.05) is 17.9 Å². The van der Waals surface area contributed by atoms with E-state index in [9.17, 15) is 13.2 Å². The lowest BCUT2D eigenvalue weighted by Crippen LogP contribution is -2.14. The van der Waals surface area contributed by atoms with Gasteiger partial charge in [0.2, 0.25) is 5.91 Å². The number of amides is 1. The molecule has 0 spiro atoms. The minimum atomic E-state index is -3.23. The molecule has 0 unspecified atom stereocenters. The Balaban J connectivity index is 2.14. The second-order valence-electron chi connectivity index (χ2n) is 4.61. The van der Waals surface area contributed by atoms with Crippen LogP contribution in [0, 0.1) is 11.8 Å². The highest BCUT2D eigenvalue weighted by Crippen LogP contribution is 2.38. The maximum Gasteiger partial charge on any atom is 0.227 e. The Morgan fingerprint density at radius 1 is 1.41 bits per heavy atom. The summed E-state index contributed by atoms with van der Waals surface area (Å²) in [5, 5.41) is 2.74. The molecule has 1 aliphatic carbocycles. The Labute approximate surface area is 101 Å². The van der Waals surface area contributed by atoms with Crippen molar-refractivity contribution >= 4 is 21.4 Å². The molecule has 0 heterocycles. The maximum atomic E-state index is 11.7. The fourth-order valence-corrected chi connectivity index (χ4v) is 2.39. The summed E-state index contributed by atoms with van der Waals surface area (Å²) in [6.45, 7) is 2.02. The largest absolute Gasteiger partial charge is 0.326 e. The second kappa shape index (κ2) is 4.14. The van der Waals surface area contributed by atoms with Crippen molar-refractivity contribution in [3.05, 3.63) is 24.3 Å². The summed E-state index contributed by atoms with van der Waals surface area (Å²) in [6, 6.07) is 6.33. The van der Waals surface area contributed by atoms with Crippen molar-refractivity contribution in [1.29, 1.82) is 0 Å². The lowest BCUT2D eigenvalue weighted by Gasteiger charge is -2.06. The standard InChI is InChI=1S/C12H15NO3S/c1-8-6-11(8)12(14)13-9-4-3-5-10(7-9)17(2,15)16/h3-5,7-8,11H,6H2,1-2H3,(H,13,14)/t8-,11-/m1/s1. The highest BCUT2D eigenvalue weighted by atomic mass is 32.2. The van der Waals surface area contributed by atoms with Gasteiger partial charge in [0.1, 0.15) is 0 Å². The molecule has 0 aliphatic heterocycles. The zero-order chi connectivity index (χ0) is 12.6. The van der Waals surface area contributed by atoms with Crippen LogP contribution < -0.4 is 5.32 Å². The predicted octanol–water partition coefficient (Wildman–Crippen LogP) is 1.68. The molecular weight excluding hydrogens is 238 g/mol. The first kappa shape index (κ1) is 12.1. The van der Waals surface area contributed by atoms with E-state index in [4.69, 9.17) is 0 Å². The van der Waals surface area contributed by atoms with Crippen LogP contribution in [0.2, 0.25) is 0 Å². The van der Waals surface area contributed by atoms with Crippen molar-refractivity contribution in [2.24, 2.45) is 11.8 Å². The van der Waals surface area contributed by atoms with Crippen molar-refractivity contribution in [2.45, 2.75) is 18.2 Å². The summed E-state index contributed by atoms with van der Waals surface area (Å²) >= 11 is 0. The van der Waals surface area contributed by atoms with Gasteiger partial charge in [-0.3, -0.25) is 4.79 Å². The van der Waals surface area contributed by atoms with Gasteiger partial charge in [-0.2, -0.15) is 0 Å². The van der Waals surface area contributed by atoms with Crippen LogP contribution in [0.1, 0.15) is 13.3 Å². The van der Waals surface area contributed by atoms with Crippen LogP contribution in [0.15, 0.2) is 29.2 Å². The molecular formula is C12H15NO3S. The number of nitrogens with one attached hydrogen (secondary N) is 1. The molecule has 1 N–H and O–H groups in total. The quantitative estimate of drug-likeness (QED) is 0.891. The zero-order valence-corrected chi connectivity index (χ0v) is 10.6. The fourth-order valence-electron chi connectivity index (χ4n) is 1.73. The van der Waals surface area contributed by atoms with E-state index in [1.165, 1.54) is 12.1 Å². The van der Waals surface area contributed by atoms with E-state index < -0.39 is 9.84 Å². The van der Waals surface area contributed by atoms with Gasteiger partial charge in [-0.05, 0) is 30.5 Å². The lowest BCUT2D eigenvalue weighted by molar-refractivity contribution is -0.117. The van der Waals surface area contributed by atoms with Crippen molar-refractivity contribution < 1.29 is 13.2 Å². The Bertz CT molecular complexity index is 551. The number of hydrogen-bond acceptors (Lipinski definition) is 3. The molecule has 5 heteroatoms. The number of sulfone groups is 1. The second-order valence-corrected chi connectivity index (χ2v) is 6.62. The maximum absolute atomic E-state index is 11.7. The molecule has 2 atom stereocenters. The summed E-state index contributed by atoms with van der Waals surface area (Å²) < 4.78 is 22.7. The summed E-state index contributed by atoms with van der Waals surface area (Å²) in [6.07, 6.45) is 2.06. The van der Waals surface area contributed by atoms with E-state index in [1.54, 1.807) is 12.1 Å². The van der Waals surface area contributed by atoms with E-state index in [0.717, 1.165) is 12.7 Å². The van der Waals surface area contributed by atoms with E-state index >= 15 is 0 Å². The van der Waals surface area contributed by atoms with E-state index in [1.807, 2.05) is 6.92 Å². The van der Waals surface area contributed by atoms with Gasteiger partial charge in [-0.1, -0.05) is 13.0 Å². The smallest absolute Gasteiger partial charge is 0.227 e. The van der Waals surface area contributed by atoms with Gasteiger partial charge in [-0.15, -0.1) is 0 Å². The summed E-state index contributed by atoms with van der Waals surface area (Å²) in [7, 11) is -3.23. The molecule has 1 saturated carbocycles. The fraction of sp³-hybridized carbons (Fsp3) is 0.417. The first-order valence-electron chi connectivity index (χ1n) is 5.49. The molecule has 2 rings (SSSR count). The molecule has 1 fully saturated rings. The van der Waals surface area contributed by atoms with Crippen molar-refractivity contribution in [3.8, 4) is 0 Å². The Morgan fingerprint density at radius 3 is 2.59 bits per heavy atom. The molecule has 0 radical (unpaired) electrons. The number of rotatable bonds is 3. The van der Waals surface area contributed by atoms with Crippen LogP contribution in [-0.2, 0) is 14.6 Å². The van der Waals surface area contributed by atoms with Crippen molar-refractivity contribution in [2.75, 3.05) is 11.6 Å². The van der Waals surface area contributed by atoms with Crippen LogP contribution >= 0.6 is 0 Å². The molecule has 92 valence electrons. The average molecular weight is 253 g/mol. The van der Waals surface area contributed by atoms with Crippen molar-refractivity contribution in [3.63, 3.8) is 0 Å². The van der Waals surface area contributed by atoms with Gasteiger partial charge < -0.3 is 5.32 Å². The first-order chi connectivity index (χ1) is 7.88. The van der Waals surface area contributed by atoms with Gasteiger partial charge in [0.05, 0.1) is 4.90 Å². The third-order valence-corrected chi connectivity index (χ3v) is 4.09. The number of anilines is 1. The van der Waals surface area contributed by atoms with Gasteiger partial charge in [0.25, 0.3) is 0 Å². The third kappa shape index (κ3) is 2.85. The molecule has 1 amide bonds. The highest BCUT2D eigenvalue weighted by molar-refractivity contribution is 7.90. The zero-order valence-electron chi connectivity index (χ0n) is 9.80. The van der Waals surface area contributed by atoms with Gasteiger partial charge in [0.15, 0.2) is 9.84 Å². The summed E-state index contributed by atoms with van der Waals surface area (Å²) in [5.41, 5.74) is 0.539. The molecule has 0 aromatic heterocycles. The van der Waals surface area contributed by atoms with E-state index in [0.29, 0.717) is 11.6 Å². The van der Waals surface area contributed by atoms with E-state index in [2.05, 4.69) is 5.32 Å². The number of carbonyl (C=O) groups is 1. The lowest BCUT2D eigenvalue weighted by atomic mass is 10.3. The van der Waals surface area contributed by atoms with Crippen LogP contribution in [0.4, 0.5) is 5.69 Å². The SMILES string of the molecule is C[C@@H]1C[C@H]1C(=O)Nc1cccc(S(C)(=O)=O)c1. The number of benzene rings is 1. The monoisotopic (exact) mass is 253 g/mol. The summed E-state index contributed by atoms with van der Waals surface area (Å²) in [5.74, 6) is 0.494. The molecule has 0 bridgehead atoms. The third-order valence-electron chi connectivity index (χ3n) is 2.98. The molecule has 1 aromatic carbocycles. The van der Waals surface area contributed by atoms with Crippen LogP contribution in [-0.4, -0.2) is 20.6 Å². The highest BCUT2D eigenvalue weighted by Gasteiger charge is 2.39. The van der Waals surface area contributed by atoms with Gasteiger partial charge >= 0.3 is 0 Å². The average Bonchev–Trinajstić information content (AvgIpc) is 2.95. The minimum absolute atomic E-state index is 0.0249. The number of carbonyl (C=O) groups excluding carboxylic acids is 1. The van der Waals surface area contributed by atoms with Crippen LogP contribution in [0.25, 0.3) is 0 Å². The predicted molar refractivity (Wildman–Crippen MR) is 65.5 cm³/mol. The Hall–Kier alpha value is -1.36. The molecule has 17 heavy (non-hydrogen) atoms. The van der Waals surface area contributed by atoms with Crippen LogP contribution in [0.5, 0.6) is 0 Å². The molecule has 4 nitrogen and oxygen atoms in total. The molecule has 0 saturated heterocycles. The minimum Gasteiger partial charge on any atom is -0.326 e. The molecule has 1 aromatic rings. The topological polar surface area (TPSA) is 63.2 Å². The van der Waals surface area contributed by atoms with E-state index in [-0.39, 0.29) is 16.7 Å². The normalized spacial score (nSPS) is 23.2. The number of hydrogen-bond donors (Lipinski definition) is 1.